The average Bonchev–Trinajstić information content (AvgIpc) is 1.64. The second-order valence-corrected chi connectivity index (χ2v) is 31.6. The number of carbonyl (C=O) groups is 2. The van der Waals surface area contributed by atoms with Gasteiger partial charge in [0.05, 0.1) is 106 Å². The molecule has 598 valence electrons. The number of amides is 1. The van der Waals surface area contributed by atoms with Crippen LogP contribution in [0.1, 0.15) is 112 Å². The zero-order valence-corrected chi connectivity index (χ0v) is 65.1. The summed E-state index contributed by atoms with van der Waals surface area (Å²) in [5, 5.41) is 17.3. The quantitative estimate of drug-likeness (QED) is 0.0659. The normalized spacial score (nSPS) is 14.7. The number of fused-ring (bicyclic) bond motifs is 5. The number of anilines is 4. The van der Waals surface area contributed by atoms with Crippen LogP contribution in [0.3, 0.4) is 0 Å². The zero-order chi connectivity index (χ0) is 81.4. The molecule has 15 rings (SSSR count). The van der Waals surface area contributed by atoms with Gasteiger partial charge in [-0.3, -0.25) is 0 Å². The number of methoxy groups -OCH3 is 3. The van der Waals surface area contributed by atoms with Gasteiger partial charge in [-0.25, -0.2) is 39.5 Å². The molecule has 0 atom stereocenters. The number of benzene rings is 5. The van der Waals surface area contributed by atoms with E-state index in [-0.39, 0.29) is 28.6 Å². The third-order valence-corrected chi connectivity index (χ3v) is 22.3. The highest BCUT2D eigenvalue weighted by molar-refractivity contribution is 7.20. The van der Waals surface area contributed by atoms with Crippen LogP contribution in [-0.4, -0.2) is 124 Å². The predicted octanol–water partition coefficient (Wildman–Crippen LogP) is 21.3. The Morgan fingerprint density at radius 3 is 1.26 bits per heavy atom. The average molecular weight is 1650 g/mol. The van der Waals surface area contributed by atoms with E-state index < -0.39 is 53.0 Å². The van der Waals surface area contributed by atoms with E-state index in [2.05, 4.69) is 48.0 Å². The molecular formula is C78H73ClF12N10O9S3. The molecule has 0 aliphatic carbocycles. The number of carbonyl (C=O) groups excluding carboxylic acids is 1. The Morgan fingerprint density at radius 1 is 0.540 bits per heavy atom. The predicted molar refractivity (Wildman–Crippen MR) is 409 cm³/mol. The van der Waals surface area contributed by atoms with Gasteiger partial charge in [0.2, 0.25) is 17.2 Å². The maximum Gasteiger partial charge on any atom is 0.490 e. The van der Waals surface area contributed by atoms with Gasteiger partial charge in [-0.1, -0.05) is 12.1 Å². The first-order valence-electron chi connectivity index (χ1n) is 35.2. The first-order chi connectivity index (χ1) is 53.4. The van der Waals surface area contributed by atoms with Crippen molar-refractivity contribution < 1.29 is 95.8 Å². The Hall–Kier alpha value is -10.0. The number of rotatable bonds is 12. The van der Waals surface area contributed by atoms with Crippen molar-refractivity contribution in [1.82, 2.24) is 40.1 Å². The summed E-state index contributed by atoms with van der Waals surface area (Å²) in [4.78, 5) is 52.7. The van der Waals surface area contributed by atoms with E-state index in [9.17, 15) is 57.5 Å². The van der Waals surface area contributed by atoms with Crippen LogP contribution in [0.25, 0.3) is 64.0 Å². The summed E-state index contributed by atoms with van der Waals surface area (Å²) in [5.41, 5.74) is 9.43. The molecule has 0 radical (unpaired) electrons. The number of aryl methyl sites for hydroxylation is 3. The highest BCUT2D eigenvalue weighted by Gasteiger charge is 2.39. The van der Waals surface area contributed by atoms with E-state index in [0.29, 0.717) is 94.4 Å². The van der Waals surface area contributed by atoms with E-state index in [1.807, 2.05) is 53.7 Å². The van der Waals surface area contributed by atoms with Gasteiger partial charge >= 0.3 is 36.8 Å². The standard InChI is InChI=1S/C33H35F3N4O4S.C28H27F3N4O2S.C15H10ClF3N2OS.C2HF3O2/c1-18-27(23-7-6-20(33(34,35)36)16-25(23)42-5)28-26(45-18)17-37-30(39-28)38-24-9-8-21(22-12-15-43-29(22)24)19-10-13-40(14-11-19)31(41)44-32(2,3)4;1-15-24(20-4-3-17(28(29,30)31)13-22(20)36-2)25-23(38-15)14-33-27(35-25)34-21-6-5-18(16-7-10-32-11-8-16)19-9-12-37-26(19)21;1-7-12(13-11(23-7)6-20-14(16)21-13)9-4-3-8(15(17,18)19)5-10(9)22-2;3-2(4,5)1(6)7/h6-9,16-17,19H,10-15H2,1-5H3,(H,37,38,39);3-6,13-14,16,32H,7-12H2,1-2H3,(H,33,34,35);3-6H,1-2H3;(H,6,7). The van der Waals surface area contributed by atoms with Gasteiger partial charge < -0.3 is 54.4 Å². The molecule has 35 heteroatoms. The van der Waals surface area contributed by atoms with Crippen LogP contribution >= 0.6 is 45.6 Å². The summed E-state index contributed by atoms with van der Waals surface area (Å²) in [5.74, 6) is 0.866. The summed E-state index contributed by atoms with van der Waals surface area (Å²) < 4.78 is 186. The number of hydrogen-bond acceptors (Lipinski definition) is 20. The topological polar surface area (TPSA) is 226 Å². The molecule has 19 nitrogen and oxygen atoms in total. The Bertz CT molecular complexity index is 5380. The number of alkyl halides is 12. The number of piperidine rings is 2. The van der Waals surface area contributed by atoms with E-state index in [4.69, 9.17) is 59.9 Å². The number of nitrogens with zero attached hydrogens (tertiary/aromatic N) is 7. The van der Waals surface area contributed by atoms with Crippen molar-refractivity contribution in [2.75, 3.05) is 71.4 Å². The molecule has 2 saturated heterocycles. The molecular weight excluding hydrogens is 1580 g/mol. The number of ether oxygens (including phenoxy) is 6. The van der Waals surface area contributed by atoms with Crippen LogP contribution in [0.2, 0.25) is 5.28 Å². The number of nitrogens with one attached hydrogen (secondary N) is 3. The number of aromatic nitrogens is 6. The number of likely N-dealkylation sites (tertiary alicyclic amines) is 1. The van der Waals surface area contributed by atoms with Gasteiger partial charge in [0.1, 0.15) is 34.3 Å². The van der Waals surface area contributed by atoms with Crippen molar-refractivity contribution in [3.63, 3.8) is 0 Å². The van der Waals surface area contributed by atoms with Crippen LogP contribution in [0.5, 0.6) is 28.7 Å². The minimum atomic E-state index is -5.08. The Kier molecular flexibility index (Phi) is 24.2. The van der Waals surface area contributed by atoms with Crippen LogP contribution in [0, 0.1) is 20.8 Å². The highest BCUT2D eigenvalue weighted by Crippen LogP contribution is 2.50. The minimum Gasteiger partial charge on any atom is -0.496 e. The maximum atomic E-state index is 13.4. The van der Waals surface area contributed by atoms with Gasteiger partial charge in [-0.2, -0.15) is 52.7 Å². The third kappa shape index (κ3) is 18.5. The highest BCUT2D eigenvalue weighted by atomic mass is 35.5. The van der Waals surface area contributed by atoms with Crippen molar-refractivity contribution >= 4 is 112 Å². The van der Waals surface area contributed by atoms with Gasteiger partial charge in [0.15, 0.2) is 0 Å². The molecule has 10 heterocycles. The van der Waals surface area contributed by atoms with Crippen LogP contribution in [0.4, 0.5) is 80.8 Å². The number of carboxylic acids is 1. The number of halogens is 13. The lowest BCUT2D eigenvalue weighted by Gasteiger charge is -2.34. The van der Waals surface area contributed by atoms with E-state index in [1.54, 1.807) is 23.5 Å². The summed E-state index contributed by atoms with van der Waals surface area (Å²) in [6.07, 6.45) is -8.08. The van der Waals surface area contributed by atoms with Crippen molar-refractivity contribution in [3.05, 3.63) is 156 Å². The number of aliphatic carboxylic acids is 1. The fourth-order valence-electron chi connectivity index (χ4n) is 14.0. The van der Waals surface area contributed by atoms with Crippen molar-refractivity contribution in [2.45, 2.75) is 122 Å². The minimum absolute atomic E-state index is 0.0856. The van der Waals surface area contributed by atoms with Gasteiger partial charge in [0.25, 0.3) is 0 Å². The molecule has 0 saturated carbocycles. The van der Waals surface area contributed by atoms with Crippen molar-refractivity contribution in [2.24, 2.45) is 0 Å². The molecule has 4 aliphatic rings. The molecule has 4 aliphatic heterocycles. The maximum absolute atomic E-state index is 13.4. The molecule has 4 N–H and O–H groups in total. The lowest BCUT2D eigenvalue weighted by Crippen LogP contribution is -2.41. The molecule has 0 spiro atoms. The monoisotopic (exact) mass is 1650 g/mol. The summed E-state index contributed by atoms with van der Waals surface area (Å²) in [6, 6.07) is 18.8. The summed E-state index contributed by atoms with van der Waals surface area (Å²) in [7, 11) is 4.07. The van der Waals surface area contributed by atoms with Gasteiger partial charge in [0, 0.05) is 91.3 Å². The van der Waals surface area contributed by atoms with Gasteiger partial charge in [-0.15, -0.1) is 34.0 Å². The third-order valence-electron chi connectivity index (χ3n) is 19.1. The molecule has 0 unspecified atom stereocenters. The van der Waals surface area contributed by atoms with E-state index in [0.717, 1.165) is 151 Å². The van der Waals surface area contributed by atoms with Crippen LogP contribution in [-0.2, 0) is 40.9 Å². The van der Waals surface area contributed by atoms with Crippen LogP contribution in [0.15, 0.2) is 97.5 Å². The Morgan fingerprint density at radius 2 is 0.903 bits per heavy atom. The van der Waals surface area contributed by atoms with Gasteiger partial charge in [-0.05, 0) is 182 Å². The first kappa shape index (κ1) is 82.4. The Labute approximate surface area is 656 Å². The van der Waals surface area contributed by atoms with E-state index >= 15 is 0 Å². The van der Waals surface area contributed by atoms with E-state index in [1.165, 1.54) is 90.2 Å². The van der Waals surface area contributed by atoms with Crippen molar-refractivity contribution in [3.8, 4) is 62.1 Å². The summed E-state index contributed by atoms with van der Waals surface area (Å²) in [6.45, 7) is 15.9. The number of carboxylic acid groups (broad SMARTS) is 1. The smallest absolute Gasteiger partial charge is 0.490 e. The van der Waals surface area contributed by atoms with Crippen LogP contribution < -0.4 is 39.6 Å². The number of hydrogen-bond donors (Lipinski definition) is 4. The molecule has 11 aromatic rings. The SMILES string of the molecule is COc1cc(C(F)(F)F)ccc1-c1c(C)sc2cnc(Cl)nc12.COc1cc(C(F)(F)F)ccc1-c1c(C)sc2cnc(Nc3ccc(C4CCN(C(=O)OC(C)(C)C)CC4)c4c3OCC4)nc12.COc1cc(C(F)(F)F)ccc1-c1c(C)sc2cnc(Nc3ccc(C4CCNCC4)c4c3OCC4)nc12.O=C(O)C(F)(F)F. The largest absolute Gasteiger partial charge is 0.496 e. The second kappa shape index (κ2) is 33.2. The summed E-state index contributed by atoms with van der Waals surface area (Å²) >= 11 is 10.3. The first-order valence-corrected chi connectivity index (χ1v) is 38.0. The second-order valence-electron chi connectivity index (χ2n) is 27.5. The Balaban J connectivity index is 0.000000157. The fraction of sp³-hybridized carbons (Fsp3) is 0.359. The molecule has 5 aromatic carbocycles. The zero-order valence-electron chi connectivity index (χ0n) is 61.9. The fourth-order valence-corrected chi connectivity index (χ4v) is 17.1. The molecule has 1 amide bonds. The molecule has 113 heavy (non-hydrogen) atoms. The van der Waals surface area contributed by atoms with Crippen molar-refractivity contribution in [1.29, 1.82) is 0 Å². The molecule has 0 bridgehead atoms. The molecule has 6 aromatic heterocycles. The number of thiophene rings is 3. The lowest BCUT2D eigenvalue weighted by molar-refractivity contribution is -0.192. The lowest BCUT2D eigenvalue weighted by atomic mass is 9.85. The molecule has 2 fully saturated rings.